The molecule has 4 unspecified atom stereocenters. The van der Waals surface area contributed by atoms with Gasteiger partial charge in [-0.15, -0.1) is 0 Å². The predicted octanol–water partition coefficient (Wildman–Crippen LogP) is -5.24. The number of hydrogen-bond acceptors (Lipinski definition) is 14. The van der Waals surface area contributed by atoms with Gasteiger partial charge in [-0.2, -0.15) is 0 Å². The Morgan fingerprint density at radius 3 is 2.54 bits per heavy atom. The van der Waals surface area contributed by atoms with E-state index in [0.29, 0.717) is 13.0 Å². The van der Waals surface area contributed by atoms with Crippen LogP contribution < -0.4 is 34.0 Å². The molecule has 0 aromatic heterocycles. The maximum absolute atomic E-state index is 12.6. The monoisotopic (exact) mass is 534 g/mol. The third-order valence-corrected chi connectivity index (χ3v) is 7.00. The summed E-state index contributed by atoms with van der Waals surface area (Å²) in [5, 5.41) is 43.1. The van der Waals surface area contributed by atoms with E-state index in [2.05, 4.69) is 5.32 Å². The van der Waals surface area contributed by atoms with Crippen LogP contribution in [-0.4, -0.2) is 119 Å². The van der Waals surface area contributed by atoms with Gasteiger partial charge in [-0.25, -0.2) is 0 Å². The summed E-state index contributed by atoms with van der Waals surface area (Å²) in [4.78, 5) is 12.6. The van der Waals surface area contributed by atoms with E-state index in [4.69, 9.17) is 47.6 Å². The van der Waals surface area contributed by atoms with Crippen LogP contribution in [0.4, 0.5) is 0 Å². The van der Waals surface area contributed by atoms with Crippen LogP contribution in [0.5, 0.6) is 0 Å². The Bertz CT molecular complexity index is 777. The van der Waals surface area contributed by atoms with Gasteiger partial charge in [-0.1, -0.05) is 0 Å². The first-order chi connectivity index (χ1) is 17.6. The lowest BCUT2D eigenvalue weighted by molar-refractivity contribution is -0.297. The molecule has 2 aliphatic heterocycles. The minimum atomic E-state index is -1.48. The van der Waals surface area contributed by atoms with E-state index in [1.165, 1.54) is 0 Å². The average Bonchev–Trinajstić information content (AvgIpc) is 2.88. The highest BCUT2D eigenvalue weighted by molar-refractivity contribution is 5.80. The molecule has 1 saturated carbocycles. The summed E-state index contributed by atoms with van der Waals surface area (Å²) >= 11 is 0. The van der Waals surface area contributed by atoms with Crippen LogP contribution in [0.2, 0.25) is 0 Å². The number of nitrogens with one attached hydrogen (secondary N) is 1. The smallest absolute Gasteiger partial charge is 0.275 e. The molecule has 0 bridgehead atoms. The Labute approximate surface area is 215 Å². The van der Waals surface area contributed by atoms with E-state index in [1.807, 2.05) is 0 Å². The van der Waals surface area contributed by atoms with Gasteiger partial charge in [0, 0.05) is 12.6 Å². The fraction of sp³-hybridized carbons (Fsp3) is 0.864. The maximum atomic E-state index is 12.6. The quantitative estimate of drug-likeness (QED) is 0.125. The molecule has 0 spiro atoms. The van der Waals surface area contributed by atoms with E-state index < -0.39 is 79.6 Å². The normalized spacial score (nSPS) is 41.3. The molecule has 3 aliphatic rings. The van der Waals surface area contributed by atoms with E-state index in [1.54, 1.807) is 6.08 Å². The summed E-state index contributed by atoms with van der Waals surface area (Å²) < 4.78 is 23.4. The summed E-state index contributed by atoms with van der Waals surface area (Å²) in [5.74, 6) is -0.464. The lowest BCUT2D eigenvalue weighted by Gasteiger charge is -2.48. The van der Waals surface area contributed by atoms with Gasteiger partial charge in [-0.3, -0.25) is 4.79 Å². The molecule has 3 rings (SSSR count). The third-order valence-electron chi connectivity index (χ3n) is 7.00. The third kappa shape index (κ3) is 7.07. The first-order valence-electron chi connectivity index (χ1n) is 12.6. The topological polar surface area (TPSA) is 277 Å². The first kappa shape index (κ1) is 29.9. The maximum Gasteiger partial charge on any atom is 0.275 e. The molecule has 0 aromatic rings. The number of hydrogen-bond donors (Lipinski definition) is 10. The van der Waals surface area contributed by atoms with Crippen molar-refractivity contribution in [2.45, 2.75) is 98.9 Å². The van der Waals surface area contributed by atoms with Crippen LogP contribution >= 0.6 is 0 Å². The van der Waals surface area contributed by atoms with Crippen molar-refractivity contribution in [2.75, 3.05) is 19.7 Å². The molecule has 37 heavy (non-hydrogen) atoms. The summed E-state index contributed by atoms with van der Waals surface area (Å²) in [6, 6.07) is -3.66. The van der Waals surface area contributed by atoms with E-state index in [0.717, 1.165) is 6.42 Å². The SMILES string of the molecule is NCC[C@H](O)C(=O)N[C@@H]1C[C@H](N)C(OC2=CCC[C@@H](CN)O2)C(N)[C@H]1O[C@H]1OC(CO)[C@H](O)[C@H](N)C1O. The van der Waals surface area contributed by atoms with Gasteiger partial charge in [0.15, 0.2) is 6.29 Å². The standard InChI is InChI=1S/C22H42N6O9/c23-5-4-12(30)21(33)28-11-6-10(25)19(36-14-3-1-2-9(7-24)34-14)16(27)20(11)37-22-18(32)15(26)17(31)13(8-29)35-22/h3,9-13,15-20,22,29-32H,1-2,4-8,23-27H2,(H,28,33)/t9-,10-,11+,12-,13?,15-,16?,17-,18?,19?,20-,22+/m0/s1. The Morgan fingerprint density at radius 2 is 1.89 bits per heavy atom. The van der Waals surface area contributed by atoms with E-state index in [-0.39, 0.29) is 31.4 Å². The molecule has 15 nitrogen and oxygen atoms in total. The molecule has 15 N–H and O–H groups in total. The molecule has 2 heterocycles. The fourth-order valence-electron chi connectivity index (χ4n) is 4.78. The summed E-state index contributed by atoms with van der Waals surface area (Å²) in [7, 11) is 0. The summed E-state index contributed by atoms with van der Waals surface area (Å²) in [6.07, 6.45) is -5.43. The molecule has 1 aliphatic carbocycles. The lowest BCUT2D eigenvalue weighted by Crippen LogP contribution is -2.70. The van der Waals surface area contributed by atoms with Crippen molar-refractivity contribution in [2.24, 2.45) is 28.7 Å². The number of aliphatic hydroxyl groups excluding tert-OH is 4. The number of carbonyl (C=O) groups excluding carboxylic acids is 1. The molecule has 15 heteroatoms. The summed E-state index contributed by atoms with van der Waals surface area (Å²) in [5.41, 5.74) is 30.0. The Kier molecular flexibility index (Phi) is 10.9. The molecule has 1 amide bonds. The van der Waals surface area contributed by atoms with Crippen LogP contribution in [-0.2, 0) is 23.7 Å². The number of aliphatic hydroxyl groups is 4. The summed E-state index contributed by atoms with van der Waals surface area (Å²) in [6.45, 7) is -0.171. The number of carbonyl (C=O) groups is 1. The van der Waals surface area contributed by atoms with Crippen LogP contribution in [0.25, 0.3) is 0 Å². The fourth-order valence-corrected chi connectivity index (χ4v) is 4.78. The first-order valence-corrected chi connectivity index (χ1v) is 12.6. The van der Waals surface area contributed by atoms with E-state index in [9.17, 15) is 25.2 Å². The highest BCUT2D eigenvalue weighted by Gasteiger charge is 2.50. The van der Waals surface area contributed by atoms with Crippen molar-refractivity contribution in [1.29, 1.82) is 0 Å². The predicted molar refractivity (Wildman–Crippen MR) is 129 cm³/mol. The molecule has 1 saturated heterocycles. The zero-order chi connectivity index (χ0) is 27.3. The molecule has 2 fully saturated rings. The van der Waals surface area contributed by atoms with Crippen LogP contribution in [0.1, 0.15) is 25.7 Å². The number of rotatable bonds is 10. The zero-order valence-electron chi connectivity index (χ0n) is 20.7. The van der Waals surface area contributed by atoms with Gasteiger partial charge < -0.3 is 73.4 Å². The lowest BCUT2D eigenvalue weighted by atomic mass is 9.82. The largest absolute Gasteiger partial charge is 0.461 e. The molecular weight excluding hydrogens is 492 g/mol. The molecule has 0 aromatic carbocycles. The zero-order valence-corrected chi connectivity index (χ0v) is 20.7. The second-order valence-corrected chi connectivity index (χ2v) is 9.73. The van der Waals surface area contributed by atoms with E-state index >= 15 is 0 Å². The van der Waals surface area contributed by atoms with Crippen molar-refractivity contribution < 1.29 is 44.2 Å². The Balaban J connectivity index is 1.82. The molecule has 0 radical (unpaired) electrons. The van der Waals surface area contributed by atoms with Gasteiger partial charge in [0.2, 0.25) is 5.91 Å². The highest BCUT2D eigenvalue weighted by atomic mass is 16.7. The molecular formula is C22H42N6O9. The highest BCUT2D eigenvalue weighted by Crippen LogP contribution is 2.30. The van der Waals surface area contributed by atoms with Crippen molar-refractivity contribution >= 4 is 5.91 Å². The average molecular weight is 535 g/mol. The van der Waals surface area contributed by atoms with Gasteiger partial charge in [0.25, 0.3) is 5.95 Å². The minimum Gasteiger partial charge on any atom is -0.461 e. The number of amides is 1. The van der Waals surface area contributed by atoms with Crippen LogP contribution in [0.3, 0.4) is 0 Å². The van der Waals surface area contributed by atoms with Gasteiger partial charge in [0.1, 0.15) is 36.6 Å². The van der Waals surface area contributed by atoms with Gasteiger partial charge >= 0.3 is 0 Å². The van der Waals surface area contributed by atoms with Crippen LogP contribution in [0, 0.1) is 0 Å². The minimum absolute atomic E-state index is 0.0388. The second kappa shape index (κ2) is 13.4. The molecule has 214 valence electrons. The number of nitrogens with two attached hydrogens (primary N) is 5. The molecule has 12 atom stereocenters. The van der Waals surface area contributed by atoms with Crippen molar-refractivity contribution in [3.8, 4) is 0 Å². The van der Waals surface area contributed by atoms with Crippen molar-refractivity contribution in [3.05, 3.63) is 12.0 Å². The number of ether oxygens (including phenoxy) is 4. The van der Waals surface area contributed by atoms with Crippen LogP contribution in [0.15, 0.2) is 12.0 Å². The Hall–Kier alpha value is -1.63. The van der Waals surface area contributed by atoms with Crippen molar-refractivity contribution in [3.63, 3.8) is 0 Å². The van der Waals surface area contributed by atoms with Gasteiger partial charge in [0.05, 0.1) is 30.8 Å². The number of allylic oxidation sites excluding steroid dienone is 1. The Morgan fingerprint density at radius 1 is 1.16 bits per heavy atom. The van der Waals surface area contributed by atoms with Gasteiger partial charge in [-0.05, 0) is 38.3 Å². The second-order valence-electron chi connectivity index (χ2n) is 9.73. The van der Waals surface area contributed by atoms with Crippen molar-refractivity contribution in [1.82, 2.24) is 5.32 Å².